The van der Waals surface area contributed by atoms with Gasteiger partial charge in [-0.15, -0.1) is 6.58 Å². The summed E-state index contributed by atoms with van der Waals surface area (Å²) >= 11 is 0. The summed E-state index contributed by atoms with van der Waals surface area (Å²) in [7, 11) is 0.958. The van der Waals surface area contributed by atoms with Crippen molar-refractivity contribution in [3.63, 3.8) is 0 Å². The van der Waals surface area contributed by atoms with Crippen LogP contribution < -0.4 is 10.6 Å². The lowest BCUT2D eigenvalue weighted by atomic mass is 9.88. The van der Waals surface area contributed by atoms with Crippen LogP contribution in [0.4, 0.5) is 4.79 Å². The Morgan fingerprint density at radius 1 is 0.975 bits per heavy atom. The lowest BCUT2D eigenvalue weighted by Crippen LogP contribution is -2.69. The van der Waals surface area contributed by atoms with E-state index in [1.165, 1.54) is 6.08 Å². The van der Waals surface area contributed by atoms with Gasteiger partial charge < -0.3 is 43.8 Å². The summed E-state index contributed by atoms with van der Waals surface area (Å²) < 4.78 is 37.0. The molecule has 6 unspecified atom stereocenters. The smallest absolute Gasteiger partial charge is 0.410 e. The summed E-state index contributed by atoms with van der Waals surface area (Å²) in [5.74, 6) is -8.07. The molecule has 2 N–H and O–H groups in total. The maximum Gasteiger partial charge on any atom is 0.410 e. The van der Waals surface area contributed by atoms with Crippen molar-refractivity contribution in [3.8, 4) is 0 Å². The van der Waals surface area contributed by atoms with Gasteiger partial charge in [-0.2, -0.15) is 0 Å². The highest BCUT2D eigenvalue weighted by Crippen LogP contribution is 2.37. The predicted molar refractivity (Wildman–Crippen MR) is 130 cm³/mol. The molecule has 224 valence electrons. The van der Waals surface area contributed by atoms with E-state index in [0.717, 1.165) is 41.7 Å². The first kappa shape index (κ1) is 33.8. The number of alkyl carbamates (subject to hydrolysis) is 1. The third kappa shape index (κ3) is 10.2. The van der Waals surface area contributed by atoms with Crippen LogP contribution in [0.25, 0.3) is 0 Å². The number of amides is 2. The van der Waals surface area contributed by atoms with Crippen molar-refractivity contribution >= 4 is 41.8 Å². The van der Waals surface area contributed by atoms with Gasteiger partial charge >= 0.3 is 41.7 Å². The van der Waals surface area contributed by atoms with Crippen LogP contribution in [0, 0.1) is 0 Å². The molecule has 1 aliphatic rings. The van der Waals surface area contributed by atoms with Gasteiger partial charge in [-0.05, 0) is 0 Å². The van der Waals surface area contributed by atoms with Gasteiger partial charge in [0.05, 0.1) is 19.6 Å². The number of nitrogens with one attached hydrogen (secondary N) is 2. The quantitative estimate of drug-likeness (QED) is 0.170. The number of carbonyl (C=O) groups excluding carboxylic acids is 7. The Labute approximate surface area is 229 Å². The lowest BCUT2D eigenvalue weighted by molar-refractivity contribution is -0.297. The zero-order chi connectivity index (χ0) is 30.6. The van der Waals surface area contributed by atoms with Gasteiger partial charge in [-0.3, -0.25) is 24.0 Å². The zero-order valence-electron chi connectivity index (χ0n) is 23.0. The fourth-order valence-electron chi connectivity index (χ4n) is 3.84. The molecule has 6 atom stereocenters. The number of hydrogen-bond donors (Lipinski definition) is 2. The molecule has 1 heterocycles. The monoisotopic (exact) mass is 574 g/mol. The highest BCUT2D eigenvalue weighted by atomic mass is 16.8. The van der Waals surface area contributed by atoms with Gasteiger partial charge in [-0.1, -0.05) is 6.08 Å². The number of hydrogen-bond acceptors (Lipinski definition) is 14. The molecule has 16 heteroatoms. The Bertz CT molecular complexity index is 998. The first-order chi connectivity index (χ1) is 18.6. The van der Waals surface area contributed by atoms with Crippen LogP contribution in [0.5, 0.6) is 0 Å². The van der Waals surface area contributed by atoms with Crippen molar-refractivity contribution in [2.45, 2.75) is 77.3 Å². The molecule has 0 aromatic carbocycles. The molecule has 0 spiro atoms. The second-order valence-electron chi connectivity index (χ2n) is 8.49. The van der Waals surface area contributed by atoms with Gasteiger partial charge in [0.2, 0.25) is 5.91 Å². The Balaban J connectivity index is 3.85. The molecule has 16 nitrogen and oxygen atoms in total. The topological polar surface area (TPSA) is 208 Å². The van der Waals surface area contributed by atoms with Crippen molar-refractivity contribution in [3.05, 3.63) is 12.7 Å². The van der Waals surface area contributed by atoms with Gasteiger partial charge in [0.1, 0.15) is 18.8 Å². The van der Waals surface area contributed by atoms with Crippen LogP contribution >= 0.6 is 0 Å². The Hall–Kier alpha value is -4.21. The maximum absolute atomic E-state index is 13.0. The molecule has 0 bridgehead atoms. The highest BCUT2D eigenvalue weighted by molar-refractivity contribution is 5.82. The molecule has 0 aromatic heterocycles. The van der Waals surface area contributed by atoms with Gasteiger partial charge in [0.15, 0.2) is 12.2 Å². The average molecular weight is 575 g/mol. The van der Waals surface area contributed by atoms with Crippen LogP contribution in [-0.2, 0) is 61.9 Å². The molecule has 40 heavy (non-hydrogen) atoms. The normalized spacial score (nSPS) is 23.2. The van der Waals surface area contributed by atoms with Crippen molar-refractivity contribution in [1.29, 1.82) is 0 Å². The zero-order valence-corrected chi connectivity index (χ0v) is 23.0. The van der Waals surface area contributed by atoms with Crippen LogP contribution in [0.15, 0.2) is 12.7 Å². The molecule has 0 aliphatic carbocycles. The summed E-state index contributed by atoms with van der Waals surface area (Å²) in [5.41, 5.74) is 0. The molecule has 0 radical (unpaired) electrons. The summed E-state index contributed by atoms with van der Waals surface area (Å²) in [6.07, 6.45) is -7.05. The minimum Gasteiger partial charge on any atom is -0.464 e. The molecule has 1 fully saturated rings. The summed E-state index contributed by atoms with van der Waals surface area (Å²) in [6.45, 7) is 7.95. The van der Waals surface area contributed by atoms with E-state index in [9.17, 15) is 33.6 Å². The maximum atomic E-state index is 13.0. The number of rotatable bonds is 12. The fourth-order valence-corrected chi connectivity index (χ4v) is 3.84. The second-order valence-corrected chi connectivity index (χ2v) is 8.49. The van der Waals surface area contributed by atoms with Gasteiger partial charge in [0, 0.05) is 41.2 Å². The highest BCUT2D eigenvalue weighted by Gasteiger charge is 2.60. The van der Waals surface area contributed by atoms with Crippen molar-refractivity contribution in [2.75, 3.05) is 20.3 Å². The Morgan fingerprint density at radius 2 is 1.60 bits per heavy atom. The SMILES string of the molecule is C=CCNC(=O)OC1(C(=O)OC)CC(OC(C)=O)C(NC(C)=O)C(C(OC(C)=O)C(COC(C)=O)OC(C)=O)O1. The van der Waals surface area contributed by atoms with Crippen molar-refractivity contribution < 1.29 is 66.7 Å². The van der Waals surface area contributed by atoms with Crippen LogP contribution in [0.3, 0.4) is 0 Å². The predicted octanol–water partition coefficient (Wildman–Crippen LogP) is -0.580. The molecular formula is C24H34N2O14. The number of carbonyl (C=O) groups is 7. The van der Waals surface area contributed by atoms with Crippen LogP contribution in [-0.4, -0.2) is 98.4 Å². The summed E-state index contributed by atoms with van der Waals surface area (Å²) in [6, 6.07) is -1.39. The second kappa shape index (κ2) is 15.4. The van der Waals surface area contributed by atoms with Crippen LogP contribution in [0.1, 0.15) is 41.0 Å². The van der Waals surface area contributed by atoms with E-state index in [1.54, 1.807) is 0 Å². The van der Waals surface area contributed by atoms with E-state index in [4.69, 9.17) is 33.2 Å². The van der Waals surface area contributed by atoms with E-state index in [2.05, 4.69) is 17.2 Å². The molecule has 1 rings (SSSR count). The molecule has 0 saturated carbocycles. The summed E-state index contributed by atoms with van der Waals surface area (Å²) in [4.78, 5) is 85.4. The minimum absolute atomic E-state index is 0.0750. The van der Waals surface area contributed by atoms with Gasteiger partial charge in [0.25, 0.3) is 0 Å². The summed E-state index contributed by atoms with van der Waals surface area (Å²) in [5, 5.41) is 4.78. The Kier molecular flexibility index (Phi) is 13.0. The van der Waals surface area contributed by atoms with Crippen molar-refractivity contribution in [2.24, 2.45) is 0 Å². The fraction of sp³-hybridized carbons (Fsp3) is 0.625. The molecule has 2 amide bonds. The third-order valence-electron chi connectivity index (χ3n) is 5.14. The van der Waals surface area contributed by atoms with E-state index in [0.29, 0.717) is 0 Å². The van der Waals surface area contributed by atoms with Crippen molar-refractivity contribution in [1.82, 2.24) is 10.6 Å². The number of methoxy groups -OCH3 is 1. The van der Waals surface area contributed by atoms with Crippen LogP contribution in [0.2, 0.25) is 0 Å². The van der Waals surface area contributed by atoms with Gasteiger partial charge in [-0.25, -0.2) is 9.59 Å². The third-order valence-corrected chi connectivity index (χ3v) is 5.14. The molecular weight excluding hydrogens is 540 g/mol. The molecule has 1 saturated heterocycles. The first-order valence-corrected chi connectivity index (χ1v) is 11.9. The van der Waals surface area contributed by atoms with E-state index < -0.39 is 91.1 Å². The first-order valence-electron chi connectivity index (χ1n) is 11.9. The van der Waals surface area contributed by atoms with E-state index >= 15 is 0 Å². The molecule has 0 aromatic rings. The number of ether oxygens (including phenoxy) is 7. The minimum atomic E-state index is -2.64. The average Bonchev–Trinajstić information content (AvgIpc) is 2.83. The molecule has 1 aliphatic heterocycles. The number of esters is 5. The van der Waals surface area contributed by atoms with E-state index in [-0.39, 0.29) is 6.54 Å². The van der Waals surface area contributed by atoms with E-state index in [1.807, 2.05) is 0 Å². The standard InChI is InChI=1S/C24H34N2O14/c1-8-9-25-23(33)40-24(22(32)34-7)10-17(36-14(4)29)19(26-12(2)27)21(39-24)20(38-16(6)31)18(37-15(5)30)11-35-13(3)28/h8,17-21H,1,9-11H2,2-7H3,(H,25,33)(H,26,27). The Morgan fingerprint density at radius 3 is 2.08 bits per heavy atom. The lowest BCUT2D eigenvalue weighted by Gasteiger charge is -2.48. The largest absolute Gasteiger partial charge is 0.464 e.